The summed E-state index contributed by atoms with van der Waals surface area (Å²) in [5, 5.41) is 4.86. The van der Waals surface area contributed by atoms with Gasteiger partial charge in [0.1, 0.15) is 5.82 Å². The van der Waals surface area contributed by atoms with Crippen molar-refractivity contribution in [3.63, 3.8) is 0 Å². The summed E-state index contributed by atoms with van der Waals surface area (Å²) in [6.45, 7) is 2.29. The molecule has 9 aromatic rings. The van der Waals surface area contributed by atoms with E-state index in [0.29, 0.717) is 11.6 Å². The van der Waals surface area contributed by atoms with E-state index >= 15 is 0 Å². The van der Waals surface area contributed by atoms with Crippen LogP contribution < -0.4 is 0 Å². The Morgan fingerprint density at radius 2 is 1.02 bits per heavy atom. The number of benzene rings is 7. The third kappa shape index (κ3) is 5.03. The molecule has 1 aliphatic carbocycles. The third-order valence-corrected chi connectivity index (χ3v) is 10.5. The third-order valence-electron chi connectivity index (χ3n) is 10.5. The van der Waals surface area contributed by atoms with E-state index in [4.69, 9.17) is 15.0 Å². The number of hydrogen-bond acceptors (Lipinski definition) is 3. The molecule has 0 saturated heterocycles. The molecule has 0 aliphatic heterocycles. The predicted molar refractivity (Wildman–Crippen MR) is 214 cm³/mol. The van der Waals surface area contributed by atoms with Gasteiger partial charge in [0.25, 0.3) is 0 Å². The molecule has 7 aromatic carbocycles. The first-order valence-electron chi connectivity index (χ1n) is 17.9. The summed E-state index contributed by atoms with van der Waals surface area (Å²) in [5.41, 5.74) is 10.3. The molecule has 0 fully saturated rings. The number of fused-ring (bicyclic) bond motifs is 5. The molecule has 4 nitrogen and oxygen atoms in total. The monoisotopic (exact) mass is 666 g/mol. The Labute approximate surface area is 302 Å². The molecule has 0 amide bonds. The van der Waals surface area contributed by atoms with Crippen LogP contribution in [0.1, 0.15) is 29.8 Å². The minimum absolute atomic E-state index is 0.0717. The number of aromatic nitrogens is 4. The molecule has 2 unspecified atom stereocenters. The maximum absolute atomic E-state index is 5.30. The SMILES string of the molecule is CC1C=C(n2c3ccccc3c3ccccc32)c2ccccc2C1c1nc(-c2ccc(-c3ccccc3)cc2)nc(-c2ccc3ccccc3c2)n1. The number of hydrogen-bond donors (Lipinski definition) is 0. The quantitative estimate of drug-likeness (QED) is 0.184. The van der Waals surface area contributed by atoms with Crippen LogP contribution in [-0.4, -0.2) is 19.5 Å². The van der Waals surface area contributed by atoms with Gasteiger partial charge >= 0.3 is 0 Å². The largest absolute Gasteiger partial charge is 0.309 e. The van der Waals surface area contributed by atoms with Gasteiger partial charge in [-0.05, 0) is 51.6 Å². The van der Waals surface area contributed by atoms with E-state index in [1.165, 1.54) is 49.6 Å². The zero-order valence-corrected chi connectivity index (χ0v) is 28.7. The van der Waals surface area contributed by atoms with E-state index in [0.717, 1.165) is 27.9 Å². The van der Waals surface area contributed by atoms with Gasteiger partial charge in [-0.25, -0.2) is 15.0 Å². The molecule has 2 aromatic heterocycles. The molecule has 246 valence electrons. The van der Waals surface area contributed by atoms with Crippen LogP contribution in [0.2, 0.25) is 0 Å². The van der Waals surface area contributed by atoms with Crippen molar-refractivity contribution in [2.24, 2.45) is 5.92 Å². The highest BCUT2D eigenvalue weighted by Gasteiger charge is 2.33. The van der Waals surface area contributed by atoms with E-state index in [2.05, 4.69) is 181 Å². The molecule has 2 heterocycles. The van der Waals surface area contributed by atoms with Crippen LogP contribution in [0.25, 0.3) is 72.2 Å². The van der Waals surface area contributed by atoms with Crippen molar-refractivity contribution in [2.45, 2.75) is 12.8 Å². The molecule has 10 rings (SSSR count). The average molecular weight is 667 g/mol. The van der Waals surface area contributed by atoms with Gasteiger partial charge in [-0.2, -0.15) is 0 Å². The summed E-state index contributed by atoms with van der Waals surface area (Å²) in [7, 11) is 0. The van der Waals surface area contributed by atoms with Gasteiger partial charge < -0.3 is 4.57 Å². The fourth-order valence-corrected chi connectivity index (χ4v) is 8.03. The molecular weight excluding hydrogens is 633 g/mol. The summed E-state index contributed by atoms with van der Waals surface area (Å²) in [6, 6.07) is 60.1. The van der Waals surface area contributed by atoms with Crippen molar-refractivity contribution in [1.29, 1.82) is 0 Å². The van der Waals surface area contributed by atoms with Crippen molar-refractivity contribution in [3.05, 3.63) is 193 Å². The number of allylic oxidation sites excluding steroid dienone is 1. The molecule has 1 aliphatic rings. The van der Waals surface area contributed by atoms with Gasteiger partial charge in [-0.3, -0.25) is 0 Å². The second-order valence-corrected chi connectivity index (χ2v) is 13.7. The van der Waals surface area contributed by atoms with Gasteiger partial charge in [0.15, 0.2) is 11.6 Å². The first kappa shape index (κ1) is 30.2. The smallest absolute Gasteiger partial charge is 0.163 e. The lowest BCUT2D eigenvalue weighted by Crippen LogP contribution is -2.21. The lowest BCUT2D eigenvalue weighted by atomic mass is 9.78. The summed E-state index contributed by atoms with van der Waals surface area (Å²) in [6.07, 6.45) is 2.42. The van der Waals surface area contributed by atoms with Crippen LogP contribution in [-0.2, 0) is 0 Å². The van der Waals surface area contributed by atoms with Crippen LogP contribution in [0.15, 0.2) is 176 Å². The van der Waals surface area contributed by atoms with Crippen LogP contribution in [0, 0.1) is 5.92 Å². The second-order valence-electron chi connectivity index (χ2n) is 13.7. The highest BCUT2D eigenvalue weighted by Crippen LogP contribution is 2.44. The predicted octanol–water partition coefficient (Wildman–Crippen LogP) is 11.8. The van der Waals surface area contributed by atoms with Gasteiger partial charge in [0, 0.05) is 27.5 Å². The fourth-order valence-electron chi connectivity index (χ4n) is 8.03. The Morgan fingerprint density at radius 1 is 0.462 bits per heavy atom. The minimum atomic E-state index is -0.0717. The molecule has 0 saturated carbocycles. The molecule has 2 atom stereocenters. The van der Waals surface area contributed by atoms with E-state index in [1.807, 2.05) is 6.07 Å². The zero-order valence-electron chi connectivity index (χ0n) is 28.7. The maximum atomic E-state index is 5.30. The number of nitrogens with zero attached hydrogens (tertiary/aromatic N) is 4. The van der Waals surface area contributed by atoms with Gasteiger partial charge in [-0.1, -0.05) is 165 Å². The van der Waals surface area contributed by atoms with Gasteiger partial charge in [0.05, 0.1) is 22.6 Å². The highest BCUT2D eigenvalue weighted by molar-refractivity contribution is 6.10. The van der Waals surface area contributed by atoms with E-state index in [9.17, 15) is 0 Å². The Balaban J connectivity index is 1.15. The van der Waals surface area contributed by atoms with Crippen LogP contribution in [0.3, 0.4) is 0 Å². The standard InChI is InChI=1S/C48H34N4/c1-31-29-44(52-42-21-11-9-17-38(42)39-18-10-12-22-43(39)52)40-19-7-8-20-41(40)45(31)48-50-46(35-26-23-34(24-27-35)32-13-3-2-4-14-32)49-47(51-48)37-28-25-33-15-5-6-16-36(33)30-37/h2-31,45H,1H3. The lowest BCUT2D eigenvalue weighted by molar-refractivity contribution is 0.580. The van der Waals surface area contributed by atoms with Crippen molar-refractivity contribution in [3.8, 4) is 33.9 Å². The summed E-state index contributed by atoms with van der Waals surface area (Å²) < 4.78 is 2.43. The average Bonchev–Trinajstić information content (AvgIpc) is 3.55. The van der Waals surface area contributed by atoms with Crippen molar-refractivity contribution in [2.75, 3.05) is 0 Å². The Bertz CT molecular complexity index is 2760. The zero-order chi connectivity index (χ0) is 34.6. The normalized spacial score (nSPS) is 15.5. The fraction of sp³-hybridized carbons (Fsp3) is 0.0625. The van der Waals surface area contributed by atoms with Crippen LogP contribution in [0.4, 0.5) is 0 Å². The number of rotatable bonds is 5. The Morgan fingerprint density at radius 3 is 1.77 bits per heavy atom. The summed E-state index contributed by atoms with van der Waals surface area (Å²) >= 11 is 0. The van der Waals surface area contributed by atoms with E-state index in [1.54, 1.807) is 0 Å². The first-order valence-corrected chi connectivity index (χ1v) is 17.9. The molecule has 52 heavy (non-hydrogen) atoms. The molecule has 0 spiro atoms. The molecule has 0 radical (unpaired) electrons. The van der Waals surface area contributed by atoms with Gasteiger partial charge in [0.2, 0.25) is 0 Å². The highest BCUT2D eigenvalue weighted by atomic mass is 15.0. The van der Waals surface area contributed by atoms with Gasteiger partial charge in [-0.15, -0.1) is 0 Å². The summed E-state index contributed by atoms with van der Waals surface area (Å²) in [4.78, 5) is 15.7. The maximum Gasteiger partial charge on any atom is 0.163 e. The van der Waals surface area contributed by atoms with E-state index in [-0.39, 0.29) is 11.8 Å². The van der Waals surface area contributed by atoms with E-state index < -0.39 is 0 Å². The molecule has 0 N–H and O–H groups in total. The Kier molecular flexibility index (Phi) is 7.14. The molecule has 0 bridgehead atoms. The number of para-hydroxylation sites is 2. The van der Waals surface area contributed by atoms with Crippen LogP contribution in [0.5, 0.6) is 0 Å². The summed E-state index contributed by atoms with van der Waals surface area (Å²) in [5.74, 6) is 2.16. The molecular formula is C48H34N4. The van der Waals surface area contributed by atoms with Crippen molar-refractivity contribution < 1.29 is 0 Å². The molecule has 4 heteroatoms. The van der Waals surface area contributed by atoms with Crippen molar-refractivity contribution >= 4 is 38.3 Å². The van der Waals surface area contributed by atoms with Crippen molar-refractivity contribution in [1.82, 2.24) is 19.5 Å². The minimum Gasteiger partial charge on any atom is -0.309 e. The first-order chi connectivity index (χ1) is 25.7. The lowest BCUT2D eigenvalue weighted by Gasteiger charge is -2.31. The Hall–Kier alpha value is -6.65. The second kappa shape index (κ2) is 12.3. The topological polar surface area (TPSA) is 43.6 Å². The van der Waals surface area contributed by atoms with Crippen LogP contribution >= 0.6 is 0 Å².